The molecule has 7 atom stereocenters. The monoisotopic (exact) mass is 428 g/mol. The molecule has 3 fully saturated rings. The van der Waals surface area contributed by atoms with Crippen molar-refractivity contribution in [3.63, 3.8) is 0 Å². The first kappa shape index (κ1) is 22.4. The average Bonchev–Trinajstić information content (AvgIpc) is 2.99. The lowest BCUT2D eigenvalue weighted by Gasteiger charge is -2.58. The number of aliphatic hydroxyl groups is 1. The minimum Gasteiger partial charge on any atom is -0.481 e. The van der Waals surface area contributed by atoms with E-state index in [1.165, 1.54) is 5.57 Å². The molecule has 5 nitrogen and oxygen atoms in total. The topological polar surface area (TPSA) is 83.8 Å². The van der Waals surface area contributed by atoms with Gasteiger partial charge in [0.1, 0.15) is 11.7 Å². The van der Waals surface area contributed by atoms with Crippen LogP contribution >= 0.6 is 0 Å². The molecule has 0 aliphatic heterocycles. The molecule has 0 spiro atoms. The molecule has 0 heterocycles. The fourth-order valence-electron chi connectivity index (χ4n) is 7.61. The summed E-state index contributed by atoms with van der Waals surface area (Å²) < 4.78 is 5.70. The van der Waals surface area contributed by atoms with Crippen molar-refractivity contribution >= 4 is 11.9 Å². The summed E-state index contributed by atoms with van der Waals surface area (Å²) in [4.78, 5) is 22.8. The van der Waals surface area contributed by atoms with Gasteiger partial charge in [0.25, 0.3) is 0 Å². The molecule has 5 heteroatoms. The van der Waals surface area contributed by atoms with E-state index in [1.807, 2.05) is 0 Å². The number of hydrogen-bond donors (Lipinski definition) is 2. The lowest BCUT2D eigenvalue weighted by atomic mass is 9.47. The van der Waals surface area contributed by atoms with E-state index in [4.69, 9.17) is 16.3 Å². The molecule has 0 radical (unpaired) electrons. The number of aliphatic carboxylic acids is 1. The fraction of sp³-hybridized carbons (Fsp3) is 0.769. The number of allylic oxidation sites excluding steroid dienone is 1. The van der Waals surface area contributed by atoms with Crippen LogP contribution < -0.4 is 0 Å². The van der Waals surface area contributed by atoms with Crippen molar-refractivity contribution in [2.45, 2.75) is 96.2 Å². The number of fused-ring (bicyclic) bond motifs is 5. The van der Waals surface area contributed by atoms with Crippen LogP contribution in [0.1, 0.15) is 84.5 Å². The fourth-order valence-corrected chi connectivity index (χ4v) is 7.61. The van der Waals surface area contributed by atoms with E-state index >= 15 is 0 Å². The van der Waals surface area contributed by atoms with E-state index in [9.17, 15) is 14.7 Å². The van der Waals surface area contributed by atoms with Gasteiger partial charge in [-0.25, -0.2) is 0 Å². The predicted molar refractivity (Wildman–Crippen MR) is 117 cm³/mol. The molecule has 4 aliphatic rings. The smallest absolute Gasteiger partial charge is 0.306 e. The third-order valence-electron chi connectivity index (χ3n) is 9.52. The van der Waals surface area contributed by atoms with Gasteiger partial charge >= 0.3 is 11.9 Å². The summed E-state index contributed by atoms with van der Waals surface area (Å²) in [5, 5.41) is 19.9. The van der Waals surface area contributed by atoms with Gasteiger partial charge in [-0.2, -0.15) is 0 Å². The average molecular weight is 429 g/mol. The highest BCUT2D eigenvalue weighted by molar-refractivity contribution is 5.71. The SMILES string of the molecule is C#C[C@]1(O)CC[C@@H]2[C@H]3CC=C4C[C@@H](OC(=O)CCCC(=O)O)CC[C@]4(C)[C@@H]3CC[C@]21C. The Hall–Kier alpha value is -1.80. The van der Waals surface area contributed by atoms with Gasteiger partial charge in [0.05, 0.1) is 0 Å². The Balaban J connectivity index is 1.44. The second-order valence-corrected chi connectivity index (χ2v) is 10.9. The van der Waals surface area contributed by atoms with Crippen LogP contribution in [0.25, 0.3) is 0 Å². The number of ether oxygens (including phenoxy) is 1. The number of carboxylic acids is 1. The third kappa shape index (κ3) is 3.61. The minimum atomic E-state index is -0.972. The molecule has 0 saturated heterocycles. The number of carbonyl (C=O) groups excluding carboxylic acids is 1. The van der Waals surface area contributed by atoms with Crippen molar-refractivity contribution in [3.05, 3.63) is 11.6 Å². The van der Waals surface area contributed by atoms with E-state index < -0.39 is 11.6 Å². The Morgan fingerprint density at radius 2 is 1.90 bits per heavy atom. The van der Waals surface area contributed by atoms with Gasteiger partial charge in [-0.3, -0.25) is 9.59 Å². The summed E-state index contributed by atoms with van der Waals surface area (Å²) >= 11 is 0. The van der Waals surface area contributed by atoms with Crippen molar-refractivity contribution in [1.29, 1.82) is 0 Å². The Labute approximate surface area is 185 Å². The summed E-state index contributed by atoms with van der Waals surface area (Å²) in [6, 6.07) is 0. The van der Waals surface area contributed by atoms with Gasteiger partial charge in [0, 0.05) is 24.7 Å². The number of carbonyl (C=O) groups is 2. The number of terminal acetylenes is 1. The van der Waals surface area contributed by atoms with E-state index in [2.05, 4.69) is 25.8 Å². The van der Waals surface area contributed by atoms with Gasteiger partial charge < -0.3 is 14.9 Å². The van der Waals surface area contributed by atoms with Gasteiger partial charge in [0.15, 0.2) is 0 Å². The van der Waals surface area contributed by atoms with E-state index in [-0.39, 0.29) is 35.7 Å². The number of esters is 1. The zero-order valence-electron chi connectivity index (χ0n) is 18.9. The molecule has 0 unspecified atom stereocenters. The molecule has 0 amide bonds. The van der Waals surface area contributed by atoms with Crippen LogP contribution in [0.5, 0.6) is 0 Å². The van der Waals surface area contributed by atoms with Gasteiger partial charge in [-0.05, 0) is 74.5 Å². The van der Waals surface area contributed by atoms with E-state index in [1.54, 1.807) is 0 Å². The molecule has 2 N–H and O–H groups in total. The lowest BCUT2D eigenvalue weighted by Crippen LogP contribution is -2.54. The van der Waals surface area contributed by atoms with Gasteiger partial charge in [-0.1, -0.05) is 31.4 Å². The first-order chi connectivity index (χ1) is 14.6. The molecule has 0 aromatic rings. The summed E-state index contributed by atoms with van der Waals surface area (Å²) in [6.07, 6.45) is 16.0. The minimum absolute atomic E-state index is 0.000940. The molecule has 3 saturated carbocycles. The van der Waals surface area contributed by atoms with Gasteiger partial charge in [0.2, 0.25) is 0 Å². The summed E-state index contributed by atoms with van der Waals surface area (Å²) in [6.45, 7) is 4.61. The number of rotatable bonds is 5. The Morgan fingerprint density at radius 1 is 1.16 bits per heavy atom. The van der Waals surface area contributed by atoms with Crippen molar-refractivity contribution < 1.29 is 24.5 Å². The van der Waals surface area contributed by atoms with Crippen molar-refractivity contribution in [1.82, 2.24) is 0 Å². The molecule has 4 aliphatic carbocycles. The van der Waals surface area contributed by atoms with Crippen LogP contribution in [0.2, 0.25) is 0 Å². The maximum Gasteiger partial charge on any atom is 0.306 e. The maximum absolute atomic E-state index is 12.1. The highest BCUT2D eigenvalue weighted by Crippen LogP contribution is 2.67. The second-order valence-electron chi connectivity index (χ2n) is 10.9. The maximum atomic E-state index is 12.1. The quantitative estimate of drug-likeness (QED) is 0.383. The van der Waals surface area contributed by atoms with Crippen LogP contribution in [0.3, 0.4) is 0 Å². The molecule has 4 rings (SSSR count). The summed E-state index contributed by atoms with van der Waals surface area (Å²) in [7, 11) is 0. The van der Waals surface area contributed by atoms with E-state index in [0.717, 1.165) is 44.9 Å². The van der Waals surface area contributed by atoms with Crippen molar-refractivity contribution in [3.8, 4) is 12.3 Å². The van der Waals surface area contributed by atoms with E-state index in [0.29, 0.717) is 30.6 Å². The van der Waals surface area contributed by atoms with Gasteiger partial charge in [-0.15, -0.1) is 6.42 Å². The zero-order valence-corrected chi connectivity index (χ0v) is 18.9. The van der Waals surface area contributed by atoms with Crippen molar-refractivity contribution in [2.75, 3.05) is 0 Å². The molecule has 0 aromatic carbocycles. The Bertz CT molecular complexity index is 824. The van der Waals surface area contributed by atoms with Crippen LogP contribution in [0.15, 0.2) is 11.6 Å². The highest BCUT2D eigenvalue weighted by atomic mass is 16.5. The molecule has 0 bridgehead atoms. The molecule has 31 heavy (non-hydrogen) atoms. The Kier molecular flexibility index (Phi) is 5.75. The normalized spacial score (nSPS) is 43.6. The predicted octanol–water partition coefficient (Wildman–Crippen LogP) is 4.48. The zero-order chi connectivity index (χ0) is 22.4. The van der Waals surface area contributed by atoms with Crippen LogP contribution in [0.4, 0.5) is 0 Å². The third-order valence-corrected chi connectivity index (χ3v) is 9.52. The van der Waals surface area contributed by atoms with Crippen LogP contribution in [-0.2, 0) is 14.3 Å². The highest BCUT2D eigenvalue weighted by Gasteiger charge is 2.63. The molecular formula is C26H36O5. The second kappa shape index (κ2) is 7.96. The standard InChI is InChI=1S/C26H36O5/c1-4-26(30)15-12-21-19-9-8-17-16-18(31-23(29)7-5-6-22(27)28)10-13-24(17,2)20(19)11-14-25(21,26)3/h1,8,18-21,30H,5-7,9-16H2,2-3H3,(H,27,28)/t18-,19-,20+,21+,24-,25+,26-/m0/s1. The first-order valence-corrected chi connectivity index (χ1v) is 11.9. The number of hydrogen-bond acceptors (Lipinski definition) is 4. The molecule has 170 valence electrons. The molecular weight excluding hydrogens is 392 g/mol. The van der Waals surface area contributed by atoms with Crippen LogP contribution in [-0.4, -0.2) is 33.9 Å². The largest absolute Gasteiger partial charge is 0.481 e. The molecule has 0 aromatic heterocycles. The van der Waals surface area contributed by atoms with Crippen molar-refractivity contribution in [2.24, 2.45) is 28.6 Å². The Morgan fingerprint density at radius 3 is 2.61 bits per heavy atom. The summed E-state index contributed by atoms with van der Waals surface area (Å²) in [5.41, 5.74) is 0.401. The summed E-state index contributed by atoms with van der Waals surface area (Å²) in [5.74, 6) is 3.20. The van der Waals surface area contributed by atoms with Crippen LogP contribution in [0, 0.1) is 40.9 Å². The number of carboxylic acid groups (broad SMARTS) is 1. The first-order valence-electron chi connectivity index (χ1n) is 11.9. The lowest BCUT2D eigenvalue weighted by molar-refractivity contribution is -0.152.